The monoisotopic (exact) mass is 294 g/mol. The topological polar surface area (TPSA) is 24.5 Å². The third-order valence-electron chi connectivity index (χ3n) is 5.69. The Labute approximate surface area is 130 Å². The highest BCUT2D eigenvalue weighted by Crippen LogP contribution is 2.39. The van der Waals surface area contributed by atoms with Crippen LogP contribution in [0.25, 0.3) is 0 Å². The molecule has 0 amide bonds. The van der Waals surface area contributed by atoms with Gasteiger partial charge in [0, 0.05) is 38.8 Å². The van der Waals surface area contributed by atoms with Crippen LogP contribution in [0.4, 0.5) is 0 Å². The van der Waals surface area contributed by atoms with E-state index in [0.717, 1.165) is 25.2 Å². The highest BCUT2D eigenvalue weighted by atomic mass is 16.5. The fourth-order valence-electron chi connectivity index (χ4n) is 3.99. The van der Waals surface area contributed by atoms with Gasteiger partial charge in [0.25, 0.3) is 0 Å². The van der Waals surface area contributed by atoms with Crippen LogP contribution < -0.4 is 5.32 Å². The maximum Gasteiger partial charge on any atom is 0.0589 e. The maximum absolute atomic E-state index is 5.35. The maximum atomic E-state index is 5.35. The number of rotatable bonds is 9. The van der Waals surface area contributed by atoms with Gasteiger partial charge in [-0.2, -0.15) is 0 Å². The molecule has 0 aliphatic heterocycles. The molecule has 0 bridgehead atoms. The first kappa shape index (κ1) is 15.8. The van der Waals surface area contributed by atoms with Crippen molar-refractivity contribution in [1.82, 2.24) is 10.2 Å². The van der Waals surface area contributed by atoms with Crippen LogP contribution >= 0.6 is 0 Å². The Balaban J connectivity index is 1.60. The molecule has 0 saturated heterocycles. The molecule has 0 radical (unpaired) electrons. The second kappa shape index (κ2) is 7.43. The zero-order chi connectivity index (χ0) is 14.5. The largest absolute Gasteiger partial charge is 0.383 e. The number of methoxy groups -OCH3 is 1. The lowest BCUT2D eigenvalue weighted by Crippen LogP contribution is -2.46. The molecule has 3 nitrogen and oxygen atoms in total. The van der Waals surface area contributed by atoms with Crippen molar-refractivity contribution in [2.24, 2.45) is 5.41 Å². The SMILES string of the molecule is COCCN(CC1(CNC2CC2)CCCCCC1)C1CC1. The molecule has 0 aromatic carbocycles. The Kier molecular flexibility index (Phi) is 5.58. The van der Waals surface area contributed by atoms with Gasteiger partial charge in [0.1, 0.15) is 0 Å². The molecule has 0 spiro atoms. The van der Waals surface area contributed by atoms with Crippen molar-refractivity contribution in [2.45, 2.75) is 76.3 Å². The molecule has 3 saturated carbocycles. The van der Waals surface area contributed by atoms with Crippen LogP contribution in [0.5, 0.6) is 0 Å². The molecule has 3 aliphatic carbocycles. The molecule has 3 aliphatic rings. The Bertz CT molecular complexity index is 304. The van der Waals surface area contributed by atoms with Crippen molar-refractivity contribution in [3.05, 3.63) is 0 Å². The summed E-state index contributed by atoms with van der Waals surface area (Å²) in [7, 11) is 1.83. The molecule has 0 unspecified atom stereocenters. The van der Waals surface area contributed by atoms with E-state index in [-0.39, 0.29) is 0 Å². The van der Waals surface area contributed by atoms with Gasteiger partial charge in [-0.25, -0.2) is 0 Å². The number of nitrogens with one attached hydrogen (secondary N) is 1. The lowest BCUT2D eigenvalue weighted by molar-refractivity contribution is 0.0881. The average Bonchev–Trinajstić information content (AvgIpc) is 3.36. The average molecular weight is 294 g/mol. The fraction of sp³-hybridized carbons (Fsp3) is 1.00. The summed E-state index contributed by atoms with van der Waals surface area (Å²) < 4.78 is 5.35. The van der Waals surface area contributed by atoms with E-state index in [1.165, 1.54) is 77.3 Å². The second-order valence-corrected chi connectivity index (χ2v) is 7.76. The van der Waals surface area contributed by atoms with E-state index in [2.05, 4.69) is 10.2 Å². The van der Waals surface area contributed by atoms with Gasteiger partial charge in [-0.3, -0.25) is 4.90 Å². The number of nitrogens with zero attached hydrogens (tertiary/aromatic N) is 1. The standard InChI is InChI=1S/C18H34N2O/c1-21-13-12-20(17-8-9-17)15-18(14-19-16-6-7-16)10-4-2-3-5-11-18/h16-17,19H,2-15H2,1H3. The van der Waals surface area contributed by atoms with Gasteiger partial charge < -0.3 is 10.1 Å². The summed E-state index contributed by atoms with van der Waals surface area (Å²) in [5.41, 5.74) is 0.537. The van der Waals surface area contributed by atoms with Crippen molar-refractivity contribution in [1.29, 1.82) is 0 Å². The van der Waals surface area contributed by atoms with Gasteiger partial charge >= 0.3 is 0 Å². The predicted molar refractivity (Wildman–Crippen MR) is 87.6 cm³/mol. The van der Waals surface area contributed by atoms with Crippen LogP contribution in [0.2, 0.25) is 0 Å². The molecule has 122 valence electrons. The molecule has 0 aromatic rings. The first-order chi connectivity index (χ1) is 10.3. The van der Waals surface area contributed by atoms with E-state index < -0.39 is 0 Å². The van der Waals surface area contributed by atoms with E-state index in [4.69, 9.17) is 4.74 Å². The van der Waals surface area contributed by atoms with Crippen molar-refractivity contribution in [2.75, 3.05) is 33.4 Å². The van der Waals surface area contributed by atoms with E-state index in [1.807, 2.05) is 7.11 Å². The molecular weight excluding hydrogens is 260 g/mol. The van der Waals surface area contributed by atoms with Gasteiger partial charge in [0.05, 0.1) is 6.61 Å². The normalized spacial score (nSPS) is 26.0. The highest BCUT2D eigenvalue weighted by molar-refractivity contribution is 4.94. The van der Waals surface area contributed by atoms with Gasteiger partial charge in [-0.05, 0) is 43.9 Å². The minimum Gasteiger partial charge on any atom is -0.383 e. The Morgan fingerprint density at radius 1 is 1.05 bits per heavy atom. The summed E-state index contributed by atoms with van der Waals surface area (Å²) in [6.45, 7) is 4.59. The lowest BCUT2D eigenvalue weighted by Gasteiger charge is -2.38. The van der Waals surface area contributed by atoms with E-state index in [9.17, 15) is 0 Å². The number of hydrogen-bond acceptors (Lipinski definition) is 3. The van der Waals surface area contributed by atoms with Crippen LogP contribution in [-0.4, -0.2) is 50.3 Å². The zero-order valence-electron chi connectivity index (χ0n) is 13.9. The minimum atomic E-state index is 0.537. The zero-order valence-corrected chi connectivity index (χ0v) is 13.9. The van der Waals surface area contributed by atoms with Crippen molar-refractivity contribution in [3.63, 3.8) is 0 Å². The molecule has 0 atom stereocenters. The summed E-state index contributed by atoms with van der Waals surface area (Å²) >= 11 is 0. The molecule has 3 rings (SSSR count). The third kappa shape index (κ3) is 4.94. The summed E-state index contributed by atoms with van der Waals surface area (Å²) in [6.07, 6.45) is 14.3. The summed E-state index contributed by atoms with van der Waals surface area (Å²) in [5.74, 6) is 0. The van der Waals surface area contributed by atoms with Gasteiger partial charge in [0.15, 0.2) is 0 Å². The molecule has 1 N–H and O–H groups in total. The van der Waals surface area contributed by atoms with E-state index in [1.54, 1.807) is 0 Å². The van der Waals surface area contributed by atoms with E-state index >= 15 is 0 Å². The lowest BCUT2D eigenvalue weighted by atomic mass is 9.79. The quantitative estimate of drug-likeness (QED) is 0.661. The smallest absolute Gasteiger partial charge is 0.0589 e. The van der Waals surface area contributed by atoms with E-state index in [0.29, 0.717) is 5.41 Å². The first-order valence-electron chi connectivity index (χ1n) is 9.28. The van der Waals surface area contributed by atoms with Crippen LogP contribution in [-0.2, 0) is 4.74 Å². The Hall–Kier alpha value is -0.120. The van der Waals surface area contributed by atoms with Gasteiger partial charge in [0.2, 0.25) is 0 Å². The minimum absolute atomic E-state index is 0.537. The summed E-state index contributed by atoms with van der Waals surface area (Å²) in [6, 6.07) is 1.71. The van der Waals surface area contributed by atoms with Crippen LogP contribution in [0, 0.1) is 5.41 Å². The summed E-state index contributed by atoms with van der Waals surface area (Å²) in [4.78, 5) is 2.75. The number of ether oxygens (including phenoxy) is 1. The van der Waals surface area contributed by atoms with Crippen molar-refractivity contribution >= 4 is 0 Å². The van der Waals surface area contributed by atoms with Crippen LogP contribution in [0.15, 0.2) is 0 Å². The Morgan fingerprint density at radius 2 is 1.76 bits per heavy atom. The molecule has 3 fully saturated rings. The number of hydrogen-bond donors (Lipinski definition) is 1. The fourth-order valence-corrected chi connectivity index (χ4v) is 3.99. The highest BCUT2D eigenvalue weighted by Gasteiger charge is 2.38. The molecule has 3 heteroatoms. The molecule has 0 aromatic heterocycles. The first-order valence-corrected chi connectivity index (χ1v) is 9.28. The molecule has 0 heterocycles. The van der Waals surface area contributed by atoms with Gasteiger partial charge in [-0.15, -0.1) is 0 Å². The molecular formula is C18H34N2O. The molecule has 21 heavy (non-hydrogen) atoms. The van der Waals surface area contributed by atoms with Gasteiger partial charge in [-0.1, -0.05) is 25.7 Å². The summed E-state index contributed by atoms with van der Waals surface area (Å²) in [5, 5.41) is 3.86. The second-order valence-electron chi connectivity index (χ2n) is 7.76. The van der Waals surface area contributed by atoms with Crippen molar-refractivity contribution in [3.8, 4) is 0 Å². The van der Waals surface area contributed by atoms with Crippen molar-refractivity contribution < 1.29 is 4.74 Å². The van der Waals surface area contributed by atoms with Crippen LogP contribution in [0.1, 0.15) is 64.2 Å². The third-order valence-corrected chi connectivity index (χ3v) is 5.69. The Morgan fingerprint density at radius 3 is 2.33 bits per heavy atom. The van der Waals surface area contributed by atoms with Crippen LogP contribution in [0.3, 0.4) is 0 Å². The predicted octanol–water partition coefficient (Wildman–Crippen LogP) is 3.19.